The molecule has 1 saturated heterocycles. The van der Waals surface area contributed by atoms with Gasteiger partial charge < -0.3 is 14.4 Å². The van der Waals surface area contributed by atoms with Crippen molar-refractivity contribution in [3.05, 3.63) is 28.2 Å². The number of halogens is 2. The van der Waals surface area contributed by atoms with Gasteiger partial charge in [-0.05, 0) is 32.9 Å². The highest BCUT2D eigenvalue weighted by Crippen LogP contribution is 2.28. The van der Waals surface area contributed by atoms with Gasteiger partial charge in [0, 0.05) is 17.6 Å². The first-order chi connectivity index (χ1) is 9.79. The standard InChI is InChI=1S/C15H19Cl2NO3/c1-10-7-18(15(2,3)9-21-10)14(19)8-20-13-6-11(16)4-5-12(13)17/h4-6,10H,7-9H2,1-3H3. The van der Waals surface area contributed by atoms with Gasteiger partial charge in [-0.1, -0.05) is 23.2 Å². The Kier molecular flexibility index (Phi) is 5.02. The molecular weight excluding hydrogens is 313 g/mol. The Morgan fingerprint density at radius 3 is 2.90 bits per heavy atom. The van der Waals surface area contributed by atoms with Crippen molar-refractivity contribution in [2.75, 3.05) is 19.8 Å². The summed E-state index contributed by atoms with van der Waals surface area (Å²) < 4.78 is 11.1. The molecule has 1 aromatic carbocycles. The molecule has 1 fully saturated rings. The van der Waals surface area contributed by atoms with Crippen molar-refractivity contribution >= 4 is 29.1 Å². The Bertz CT molecular complexity index is 534. The topological polar surface area (TPSA) is 38.8 Å². The number of morpholine rings is 1. The van der Waals surface area contributed by atoms with Crippen molar-refractivity contribution in [2.24, 2.45) is 0 Å². The van der Waals surface area contributed by atoms with Crippen molar-refractivity contribution in [2.45, 2.75) is 32.4 Å². The van der Waals surface area contributed by atoms with Crippen LogP contribution in [0.5, 0.6) is 5.75 Å². The van der Waals surface area contributed by atoms with Gasteiger partial charge in [0.15, 0.2) is 6.61 Å². The molecule has 0 bridgehead atoms. The van der Waals surface area contributed by atoms with E-state index >= 15 is 0 Å². The Labute approximate surface area is 134 Å². The minimum atomic E-state index is -0.342. The van der Waals surface area contributed by atoms with Crippen LogP contribution in [0, 0.1) is 0 Å². The van der Waals surface area contributed by atoms with Crippen LogP contribution in [0.4, 0.5) is 0 Å². The van der Waals surface area contributed by atoms with Crippen LogP contribution < -0.4 is 4.74 Å². The van der Waals surface area contributed by atoms with E-state index in [-0.39, 0.29) is 24.2 Å². The van der Waals surface area contributed by atoms with E-state index in [9.17, 15) is 4.79 Å². The second-order valence-corrected chi connectivity index (χ2v) is 6.65. The van der Waals surface area contributed by atoms with Crippen molar-refractivity contribution in [3.8, 4) is 5.75 Å². The van der Waals surface area contributed by atoms with Crippen molar-refractivity contribution < 1.29 is 14.3 Å². The molecule has 0 radical (unpaired) electrons. The first-order valence-corrected chi connectivity index (χ1v) is 7.55. The van der Waals surface area contributed by atoms with Crippen molar-refractivity contribution in [1.29, 1.82) is 0 Å². The molecule has 0 N–H and O–H groups in total. The molecule has 0 spiro atoms. The van der Waals surface area contributed by atoms with E-state index in [1.807, 2.05) is 20.8 Å². The van der Waals surface area contributed by atoms with Crippen LogP contribution in [0.1, 0.15) is 20.8 Å². The second kappa shape index (κ2) is 6.42. The molecule has 0 saturated carbocycles. The summed E-state index contributed by atoms with van der Waals surface area (Å²) in [7, 11) is 0. The third-order valence-corrected chi connectivity index (χ3v) is 3.98. The monoisotopic (exact) mass is 331 g/mol. The smallest absolute Gasteiger partial charge is 0.261 e. The number of rotatable bonds is 3. The van der Waals surface area contributed by atoms with Crippen LogP contribution >= 0.6 is 23.2 Å². The van der Waals surface area contributed by atoms with Crippen LogP contribution in [0.15, 0.2) is 18.2 Å². The van der Waals surface area contributed by atoms with E-state index in [0.29, 0.717) is 28.9 Å². The maximum Gasteiger partial charge on any atom is 0.261 e. The summed E-state index contributed by atoms with van der Waals surface area (Å²) in [6.45, 7) is 6.89. The molecule has 0 aliphatic carbocycles. The van der Waals surface area contributed by atoms with E-state index in [2.05, 4.69) is 0 Å². The fraction of sp³-hybridized carbons (Fsp3) is 0.533. The molecule has 4 nitrogen and oxygen atoms in total. The first kappa shape index (κ1) is 16.4. The van der Waals surface area contributed by atoms with Crippen LogP contribution in [-0.2, 0) is 9.53 Å². The van der Waals surface area contributed by atoms with Gasteiger partial charge in [0.1, 0.15) is 5.75 Å². The normalized spacial score (nSPS) is 21.2. The lowest BCUT2D eigenvalue weighted by molar-refractivity contribution is -0.154. The predicted molar refractivity (Wildman–Crippen MR) is 83.2 cm³/mol. The van der Waals surface area contributed by atoms with Gasteiger partial charge >= 0.3 is 0 Å². The third kappa shape index (κ3) is 4.02. The van der Waals surface area contributed by atoms with Gasteiger partial charge in [-0.2, -0.15) is 0 Å². The van der Waals surface area contributed by atoms with Gasteiger partial charge in [-0.25, -0.2) is 0 Å². The lowest BCUT2D eigenvalue weighted by atomic mass is 10.0. The largest absolute Gasteiger partial charge is 0.482 e. The summed E-state index contributed by atoms with van der Waals surface area (Å²) in [4.78, 5) is 14.2. The molecule has 116 valence electrons. The average molecular weight is 332 g/mol. The molecule has 2 rings (SSSR count). The molecule has 6 heteroatoms. The van der Waals surface area contributed by atoms with E-state index in [0.717, 1.165) is 0 Å². The zero-order valence-corrected chi connectivity index (χ0v) is 13.9. The van der Waals surface area contributed by atoms with Gasteiger partial charge in [-0.15, -0.1) is 0 Å². The van der Waals surface area contributed by atoms with E-state index < -0.39 is 0 Å². The SMILES string of the molecule is CC1CN(C(=O)COc2cc(Cl)ccc2Cl)C(C)(C)CO1. The fourth-order valence-corrected chi connectivity index (χ4v) is 2.56. The number of amides is 1. The number of ether oxygens (including phenoxy) is 2. The number of hydrogen-bond donors (Lipinski definition) is 0. The Hall–Kier alpha value is -0.970. The summed E-state index contributed by atoms with van der Waals surface area (Å²) in [5.41, 5.74) is -0.342. The molecule has 1 heterocycles. The number of hydrogen-bond acceptors (Lipinski definition) is 3. The fourth-order valence-electron chi connectivity index (χ4n) is 2.23. The van der Waals surface area contributed by atoms with E-state index in [4.69, 9.17) is 32.7 Å². The van der Waals surface area contributed by atoms with Gasteiger partial charge in [0.05, 0.1) is 23.3 Å². The highest BCUT2D eigenvalue weighted by molar-refractivity contribution is 6.34. The molecule has 1 amide bonds. The maximum absolute atomic E-state index is 12.4. The highest BCUT2D eigenvalue weighted by Gasteiger charge is 2.36. The molecule has 1 aliphatic rings. The van der Waals surface area contributed by atoms with Gasteiger partial charge in [0.2, 0.25) is 0 Å². The average Bonchev–Trinajstić information content (AvgIpc) is 2.42. The summed E-state index contributed by atoms with van der Waals surface area (Å²) >= 11 is 11.9. The van der Waals surface area contributed by atoms with Crippen molar-refractivity contribution in [1.82, 2.24) is 4.90 Å². The molecule has 1 atom stereocenters. The van der Waals surface area contributed by atoms with E-state index in [1.54, 1.807) is 23.1 Å². The van der Waals surface area contributed by atoms with Crippen LogP contribution in [0.2, 0.25) is 10.0 Å². The Morgan fingerprint density at radius 1 is 1.48 bits per heavy atom. The number of nitrogens with zero attached hydrogens (tertiary/aromatic N) is 1. The second-order valence-electron chi connectivity index (χ2n) is 5.80. The summed E-state index contributed by atoms with van der Waals surface area (Å²) in [5, 5.41) is 0.948. The zero-order valence-electron chi connectivity index (χ0n) is 12.4. The minimum absolute atomic E-state index is 0.0248. The summed E-state index contributed by atoms with van der Waals surface area (Å²) in [6.07, 6.45) is 0.0248. The maximum atomic E-state index is 12.4. The zero-order chi connectivity index (χ0) is 15.6. The number of benzene rings is 1. The molecule has 0 aromatic heterocycles. The quantitative estimate of drug-likeness (QED) is 0.852. The number of carbonyl (C=O) groups excluding carboxylic acids is 1. The molecule has 1 aliphatic heterocycles. The molecule has 1 unspecified atom stereocenters. The third-order valence-electron chi connectivity index (χ3n) is 3.44. The minimum Gasteiger partial charge on any atom is -0.482 e. The van der Waals surface area contributed by atoms with Gasteiger partial charge in [0.25, 0.3) is 5.91 Å². The first-order valence-electron chi connectivity index (χ1n) is 6.79. The molecule has 21 heavy (non-hydrogen) atoms. The Balaban J connectivity index is 2.02. The van der Waals surface area contributed by atoms with Gasteiger partial charge in [-0.3, -0.25) is 4.79 Å². The highest BCUT2D eigenvalue weighted by atomic mass is 35.5. The summed E-state index contributed by atoms with van der Waals surface area (Å²) in [6, 6.07) is 4.92. The number of carbonyl (C=O) groups is 1. The predicted octanol–water partition coefficient (Wildman–Crippen LogP) is 3.40. The Morgan fingerprint density at radius 2 is 2.19 bits per heavy atom. The van der Waals surface area contributed by atoms with Crippen LogP contribution in [0.25, 0.3) is 0 Å². The molecule has 1 aromatic rings. The van der Waals surface area contributed by atoms with Crippen LogP contribution in [0.3, 0.4) is 0 Å². The van der Waals surface area contributed by atoms with Crippen LogP contribution in [-0.4, -0.2) is 42.2 Å². The van der Waals surface area contributed by atoms with E-state index in [1.165, 1.54) is 0 Å². The van der Waals surface area contributed by atoms with Crippen molar-refractivity contribution in [3.63, 3.8) is 0 Å². The lowest BCUT2D eigenvalue weighted by Gasteiger charge is -2.44. The summed E-state index contributed by atoms with van der Waals surface area (Å²) in [5.74, 6) is 0.322. The molecular formula is C15H19Cl2NO3. The lowest BCUT2D eigenvalue weighted by Crippen LogP contribution is -2.58.